The van der Waals surface area contributed by atoms with Gasteiger partial charge in [0.25, 0.3) is 10.1 Å². The van der Waals surface area contributed by atoms with Crippen LogP contribution in [0.3, 0.4) is 0 Å². The summed E-state index contributed by atoms with van der Waals surface area (Å²) in [6.45, 7) is -0.0871. The molecule has 86 valence electrons. The van der Waals surface area contributed by atoms with E-state index in [0.717, 1.165) is 11.0 Å². The molecule has 0 spiro atoms. The van der Waals surface area contributed by atoms with Crippen molar-refractivity contribution >= 4 is 43.4 Å². The lowest BCUT2D eigenvalue weighted by molar-refractivity contribution is 0.311. The van der Waals surface area contributed by atoms with Gasteiger partial charge in [0.1, 0.15) is 11.6 Å². The second kappa shape index (κ2) is 4.25. The molecule has 5 nitrogen and oxygen atoms in total. The summed E-state index contributed by atoms with van der Waals surface area (Å²) < 4.78 is 27.0. The summed E-state index contributed by atoms with van der Waals surface area (Å²) in [4.78, 5) is 8.13. The van der Waals surface area contributed by atoms with E-state index >= 15 is 0 Å². The molecule has 0 bridgehead atoms. The van der Waals surface area contributed by atoms with Crippen LogP contribution in [0.4, 0.5) is 0 Å². The fourth-order valence-electron chi connectivity index (χ4n) is 1.07. The van der Waals surface area contributed by atoms with E-state index in [9.17, 15) is 8.42 Å². The summed E-state index contributed by atoms with van der Waals surface area (Å²) in [7, 11) is -3.46. The largest absolute Gasteiger partial charge is 0.264 e. The van der Waals surface area contributed by atoms with Gasteiger partial charge in [-0.25, -0.2) is 9.97 Å². The second-order valence-corrected chi connectivity index (χ2v) is 6.15. The van der Waals surface area contributed by atoms with Gasteiger partial charge in [0, 0.05) is 6.20 Å². The zero-order valence-electron chi connectivity index (χ0n) is 8.18. The Balaban J connectivity index is 2.30. The summed E-state index contributed by atoms with van der Waals surface area (Å²) in [5, 5.41) is 1.08. The van der Waals surface area contributed by atoms with Gasteiger partial charge in [0.2, 0.25) is 0 Å². The van der Waals surface area contributed by atoms with Crippen LogP contribution in [-0.2, 0) is 20.9 Å². The highest BCUT2D eigenvalue weighted by Gasteiger charge is 2.10. The summed E-state index contributed by atoms with van der Waals surface area (Å²) in [5.41, 5.74) is 0.504. The van der Waals surface area contributed by atoms with Crippen molar-refractivity contribution in [3.05, 3.63) is 22.3 Å². The van der Waals surface area contributed by atoms with Crippen LogP contribution in [-0.4, -0.2) is 24.6 Å². The van der Waals surface area contributed by atoms with Crippen LogP contribution in [0.15, 0.2) is 12.3 Å². The maximum Gasteiger partial charge on any atom is 0.264 e. The van der Waals surface area contributed by atoms with Crippen LogP contribution < -0.4 is 0 Å². The van der Waals surface area contributed by atoms with Crippen molar-refractivity contribution in [3.63, 3.8) is 0 Å². The van der Waals surface area contributed by atoms with E-state index in [1.165, 1.54) is 11.3 Å². The number of hydrogen-bond acceptors (Lipinski definition) is 6. The van der Waals surface area contributed by atoms with E-state index in [2.05, 4.69) is 14.2 Å². The molecule has 0 aliphatic heterocycles. The van der Waals surface area contributed by atoms with Crippen molar-refractivity contribution in [3.8, 4) is 0 Å². The summed E-state index contributed by atoms with van der Waals surface area (Å²) in [6.07, 6.45) is 2.54. The Kier molecular flexibility index (Phi) is 3.11. The average Bonchev–Trinajstić information content (AvgIpc) is 2.58. The number of halogens is 1. The minimum atomic E-state index is -3.46. The van der Waals surface area contributed by atoms with E-state index in [-0.39, 0.29) is 6.61 Å². The molecule has 16 heavy (non-hydrogen) atoms. The van der Waals surface area contributed by atoms with Gasteiger partial charge < -0.3 is 0 Å². The topological polar surface area (TPSA) is 69.2 Å². The predicted molar refractivity (Wildman–Crippen MR) is 62.1 cm³/mol. The van der Waals surface area contributed by atoms with Crippen molar-refractivity contribution in [1.29, 1.82) is 0 Å². The van der Waals surface area contributed by atoms with Crippen LogP contribution in [0.2, 0.25) is 5.02 Å². The van der Waals surface area contributed by atoms with Gasteiger partial charge in [0.05, 0.1) is 16.0 Å². The maximum atomic E-state index is 10.8. The van der Waals surface area contributed by atoms with Crippen LogP contribution in [0, 0.1) is 0 Å². The molecule has 0 saturated heterocycles. The van der Waals surface area contributed by atoms with Gasteiger partial charge >= 0.3 is 0 Å². The Labute approximate surface area is 101 Å². The Hall–Kier alpha value is -0.760. The van der Waals surface area contributed by atoms with Gasteiger partial charge in [-0.1, -0.05) is 11.6 Å². The predicted octanol–water partition coefficient (Wildman–Crippen LogP) is 1.82. The lowest BCUT2D eigenvalue weighted by Gasteiger charge is -1.95. The quantitative estimate of drug-likeness (QED) is 0.801. The Morgan fingerprint density at radius 1 is 1.56 bits per heavy atom. The Morgan fingerprint density at radius 2 is 2.31 bits per heavy atom. The standard InChI is InChI=1S/C8H7ClN2O3S2/c1-16(12,13)14-4-6-11-8-7(15-6)5(9)2-3-10-8/h2-3H,4H2,1H3. The third-order valence-electron chi connectivity index (χ3n) is 1.68. The van der Waals surface area contributed by atoms with Gasteiger partial charge in [-0.15, -0.1) is 11.3 Å². The average molecular weight is 279 g/mol. The molecule has 0 aliphatic rings. The molecule has 2 rings (SSSR count). The highest BCUT2D eigenvalue weighted by molar-refractivity contribution is 7.85. The highest BCUT2D eigenvalue weighted by Crippen LogP contribution is 2.27. The minimum absolute atomic E-state index is 0.0871. The number of pyridine rings is 1. The molecule has 0 saturated carbocycles. The normalized spacial score (nSPS) is 12.1. The summed E-state index contributed by atoms with van der Waals surface area (Å²) in [5.74, 6) is 0. The molecule has 0 atom stereocenters. The SMILES string of the molecule is CS(=O)(=O)OCc1nc2nccc(Cl)c2s1. The highest BCUT2D eigenvalue weighted by atomic mass is 35.5. The van der Waals surface area contributed by atoms with E-state index in [1.807, 2.05) is 0 Å². The molecular weight excluding hydrogens is 272 g/mol. The molecule has 0 amide bonds. The summed E-state index contributed by atoms with van der Waals surface area (Å²) >= 11 is 7.20. The van der Waals surface area contributed by atoms with Crippen molar-refractivity contribution < 1.29 is 12.6 Å². The van der Waals surface area contributed by atoms with Crippen molar-refractivity contribution in [1.82, 2.24) is 9.97 Å². The van der Waals surface area contributed by atoms with Crippen LogP contribution in [0.25, 0.3) is 10.3 Å². The van der Waals surface area contributed by atoms with Gasteiger partial charge in [-0.2, -0.15) is 8.42 Å². The molecule has 2 aromatic heterocycles. The molecule has 0 fully saturated rings. The van der Waals surface area contributed by atoms with Crippen LogP contribution >= 0.6 is 22.9 Å². The van der Waals surface area contributed by atoms with E-state index < -0.39 is 10.1 Å². The molecule has 8 heteroatoms. The van der Waals surface area contributed by atoms with E-state index in [0.29, 0.717) is 15.7 Å². The van der Waals surface area contributed by atoms with E-state index in [4.69, 9.17) is 11.6 Å². The second-order valence-electron chi connectivity index (χ2n) is 3.02. The number of aromatic nitrogens is 2. The lowest BCUT2D eigenvalue weighted by Crippen LogP contribution is -2.02. The zero-order valence-corrected chi connectivity index (χ0v) is 10.6. The molecule has 0 radical (unpaired) electrons. The first-order valence-electron chi connectivity index (χ1n) is 4.20. The number of nitrogens with zero attached hydrogens (tertiary/aromatic N) is 2. The fraction of sp³-hybridized carbons (Fsp3) is 0.250. The lowest BCUT2D eigenvalue weighted by atomic mass is 10.5. The van der Waals surface area contributed by atoms with Crippen molar-refractivity contribution in [2.45, 2.75) is 6.61 Å². The Bertz CT molecular complexity index is 623. The Morgan fingerprint density at radius 3 is 2.94 bits per heavy atom. The van der Waals surface area contributed by atoms with Crippen LogP contribution in [0.1, 0.15) is 5.01 Å². The molecule has 0 unspecified atom stereocenters. The number of fused-ring (bicyclic) bond motifs is 1. The third-order valence-corrected chi connectivity index (χ3v) is 3.71. The van der Waals surface area contributed by atoms with Crippen LogP contribution in [0.5, 0.6) is 0 Å². The zero-order chi connectivity index (χ0) is 11.8. The maximum absolute atomic E-state index is 10.8. The molecule has 0 aromatic carbocycles. The smallest absolute Gasteiger partial charge is 0.263 e. The molecule has 2 aromatic rings. The van der Waals surface area contributed by atoms with Crippen molar-refractivity contribution in [2.75, 3.05) is 6.26 Å². The first-order valence-corrected chi connectivity index (χ1v) is 7.21. The first-order chi connectivity index (χ1) is 7.46. The first kappa shape index (κ1) is 11.7. The fourth-order valence-corrected chi connectivity index (χ4v) is 2.56. The summed E-state index contributed by atoms with van der Waals surface area (Å²) in [6, 6.07) is 1.66. The van der Waals surface area contributed by atoms with Gasteiger partial charge in [-0.3, -0.25) is 4.18 Å². The monoisotopic (exact) mass is 278 g/mol. The molecular formula is C8H7ClN2O3S2. The molecule has 0 aliphatic carbocycles. The van der Waals surface area contributed by atoms with Gasteiger partial charge in [-0.05, 0) is 6.07 Å². The van der Waals surface area contributed by atoms with E-state index in [1.54, 1.807) is 12.3 Å². The number of thiazole rings is 1. The molecule has 2 heterocycles. The molecule has 0 N–H and O–H groups in total. The minimum Gasteiger partial charge on any atom is -0.263 e. The third kappa shape index (κ3) is 2.67. The number of rotatable bonds is 3. The number of hydrogen-bond donors (Lipinski definition) is 0. The van der Waals surface area contributed by atoms with Crippen molar-refractivity contribution in [2.24, 2.45) is 0 Å². The van der Waals surface area contributed by atoms with Gasteiger partial charge in [0.15, 0.2) is 5.65 Å².